The highest BCUT2D eigenvalue weighted by molar-refractivity contribution is 5.79. The molecule has 1 rings (SSSR count). The lowest BCUT2D eigenvalue weighted by molar-refractivity contribution is -0.158. The molecule has 0 aliphatic carbocycles. The van der Waals surface area contributed by atoms with Gasteiger partial charge >= 0.3 is 5.97 Å². The molecule has 4 nitrogen and oxygen atoms in total. The van der Waals surface area contributed by atoms with Gasteiger partial charge in [0.1, 0.15) is 11.8 Å². The van der Waals surface area contributed by atoms with Crippen LogP contribution in [0.3, 0.4) is 0 Å². The molecule has 18 heavy (non-hydrogen) atoms. The summed E-state index contributed by atoms with van der Waals surface area (Å²) in [5, 5.41) is 9.00. The summed E-state index contributed by atoms with van der Waals surface area (Å²) in [6, 6.07) is 7.27. The average Bonchev–Trinajstić information content (AvgIpc) is 2.29. The van der Waals surface area contributed by atoms with E-state index >= 15 is 0 Å². The minimum Gasteiger partial charge on any atom is -0.475 e. The third-order valence-corrected chi connectivity index (χ3v) is 2.39. The lowest BCUT2D eigenvalue weighted by Gasteiger charge is -2.24. The number of ether oxygens (including phenoxy) is 2. The van der Waals surface area contributed by atoms with Crippen molar-refractivity contribution in [1.82, 2.24) is 0 Å². The van der Waals surface area contributed by atoms with E-state index in [0.29, 0.717) is 17.9 Å². The Balaban J connectivity index is 3.00. The fourth-order valence-electron chi connectivity index (χ4n) is 1.43. The summed E-state index contributed by atoms with van der Waals surface area (Å²) in [7, 11) is 0. The Hall–Kier alpha value is -2.02. The summed E-state index contributed by atoms with van der Waals surface area (Å²) in [5.74, 6) is -0.0500. The second-order valence-corrected chi connectivity index (χ2v) is 4.44. The number of hydrogen-bond donors (Lipinski definition) is 0. The topological polar surface area (TPSA) is 59.3 Å². The van der Waals surface area contributed by atoms with Crippen LogP contribution >= 0.6 is 0 Å². The Morgan fingerprint density at radius 2 is 2.11 bits per heavy atom. The van der Waals surface area contributed by atoms with Crippen LogP contribution in [0, 0.1) is 18.3 Å². The first-order valence-electron chi connectivity index (χ1n) is 5.77. The zero-order valence-electron chi connectivity index (χ0n) is 11.1. The van der Waals surface area contributed by atoms with Gasteiger partial charge in [-0.1, -0.05) is 6.07 Å². The van der Waals surface area contributed by atoms with Gasteiger partial charge in [-0.15, -0.1) is 0 Å². The highest BCUT2D eigenvalue weighted by atomic mass is 16.6. The Labute approximate surface area is 107 Å². The molecule has 0 atom stereocenters. The number of carbonyl (C=O) groups is 1. The van der Waals surface area contributed by atoms with Crippen molar-refractivity contribution in [3.63, 3.8) is 0 Å². The standard InChI is InChI=1S/C14H17NO3/c1-5-17-13(16)14(3,4)18-12-8-10(2)6-7-11(12)9-15/h6-8H,5H2,1-4H3. The SMILES string of the molecule is CCOC(=O)C(C)(C)Oc1cc(C)ccc1C#N. The molecule has 0 amide bonds. The van der Waals surface area contributed by atoms with Gasteiger partial charge in [0.15, 0.2) is 5.60 Å². The van der Waals surface area contributed by atoms with Crippen molar-refractivity contribution in [2.24, 2.45) is 0 Å². The van der Waals surface area contributed by atoms with Gasteiger partial charge in [0.25, 0.3) is 0 Å². The van der Waals surface area contributed by atoms with Crippen LogP contribution in [-0.2, 0) is 9.53 Å². The predicted octanol–water partition coefficient (Wildman–Crippen LogP) is 2.59. The van der Waals surface area contributed by atoms with Crippen LogP contribution in [0.1, 0.15) is 31.9 Å². The quantitative estimate of drug-likeness (QED) is 0.767. The van der Waals surface area contributed by atoms with Crippen LogP contribution in [-0.4, -0.2) is 18.2 Å². The molecule has 0 N–H and O–H groups in total. The maximum atomic E-state index is 11.7. The molecular weight excluding hydrogens is 230 g/mol. The molecule has 4 heteroatoms. The molecular formula is C14H17NO3. The maximum absolute atomic E-state index is 11.7. The molecule has 0 heterocycles. The van der Waals surface area contributed by atoms with Crippen LogP contribution in [0.5, 0.6) is 5.75 Å². The Morgan fingerprint density at radius 1 is 1.44 bits per heavy atom. The van der Waals surface area contributed by atoms with Crippen molar-refractivity contribution >= 4 is 5.97 Å². The van der Waals surface area contributed by atoms with E-state index in [2.05, 4.69) is 0 Å². The average molecular weight is 247 g/mol. The monoisotopic (exact) mass is 247 g/mol. The van der Waals surface area contributed by atoms with Gasteiger partial charge in [-0.2, -0.15) is 5.26 Å². The Morgan fingerprint density at radius 3 is 2.67 bits per heavy atom. The van der Waals surface area contributed by atoms with Crippen molar-refractivity contribution in [1.29, 1.82) is 5.26 Å². The first-order chi connectivity index (χ1) is 8.40. The molecule has 0 aromatic heterocycles. The molecule has 0 radical (unpaired) electrons. The number of rotatable bonds is 4. The summed E-state index contributed by atoms with van der Waals surface area (Å²) < 4.78 is 10.6. The van der Waals surface area contributed by atoms with Gasteiger partial charge < -0.3 is 9.47 Å². The summed E-state index contributed by atoms with van der Waals surface area (Å²) in [6.07, 6.45) is 0. The van der Waals surface area contributed by atoms with E-state index in [1.54, 1.807) is 32.9 Å². The minimum absolute atomic E-state index is 0.296. The molecule has 0 saturated heterocycles. The van der Waals surface area contributed by atoms with Crippen LogP contribution in [0.2, 0.25) is 0 Å². The highest BCUT2D eigenvalue weighted by Gasteiger charge is 2.32. The van der Waals surface area contributed by atoms with E-state index < -0.39 is 11.6 Å². The maximum Gasteiger partial charge on any atom is 0.349 e. The molecule has 0 unspecified atom stereocenters. The first-order valence-corrected chi connectivity index (χ1v) is 5.77. The molecule has 0 bridgehead atoms. The van der Waals surface area contributed by atoms with Crippen LogP contribution in [0.15, 0.2) is 18.2 Å². The zero-order chi connectivity index (χ0) is 13.8. The van der Waals surface area contributed by atoms with Crippen LogP contribution in [0.25, 0.3) is 0 Å². The molecule has 0 spiro atoms. The zero-order valence-corrected chi connectivity index (χ0v) is 11.1. The molecule has 1 aromatic carbocycles. The Kier molecular flexibility index (Phi) is 4.33. The smallest absolute Gasteiger partial charge is 0.349 e. The molecule has 0 fully saturated rings. The third kappa shape index (κ3) is 3.24. The van der Waals surface area contributed by atoms with E-state index in [9.17, 15) is 4.79 Å². The molecule has 0 aliphatic rings. The molecule has 0 saturated carbocycles. The van der Waals surface area contributed by atoms with Crippen LogP contribution in [0.4, 0.5) is 0 Å². The first kappa shape index (κ1) is 14.0. The van der Waals surface area contributed by atoms with Gasteiger partial charge in [-0.3, -0.25) is 0 Å². The summed E-state index contributed by atoms with van der Waals surface area (Å²) in [6.45, 7) is 7.17. The summed E-state index contributed by atoms with van der Waals surface area (Å²) >= 11 is 0. The van der Waals surface area contributed by atoms with Crippen molar-refractivity contribution in [2.75, 3.05) is 6.61 Å². The lowest BCUT2D eigenvalue weighted by Crippen LogP contribution is -2.39. The van der Waals surface area contributed by atoms with Crippen molar-refractivity contribution in [2.45, 2.75) is 33.3 Å². The third-order valence-electron chi connectivity index (χ3n) is 2.39. The van der Waals surface area contributed by atoms with Gasteiger partial charge in [-0.05, 0) is 45.4 Å². The normalized spacial score (nSPS) is 10.6. The van der Waals surface area contributed by atoms with Gasteiger partial charge in [0.2, 0.25) is 0 Å². The number of aryl methyl sites for hydroxylation is 1. The molecule has 96 valence electrons. The number of benzene rings is 1. The van der Waals surface area contributed by atoms with Gasteiger partial charge in [0, 0.05) is 0 Å². The van der Waals surface area contributed by atoms with E-state index in [0.717, 1.165) is 5.56 Å². The molecule has 0 aliphatic heterocycles. The number of hydrogen-bond acceptors (Lipinski definition) is 4. The van der Waals surface area contributed by atoms with Crippen molar-refractivity contribution in [3.8, 4) is 11.8 Å². The van der Waals surface area contributed by atoms with E-state index in [1.807, 2.05) is 19.1 Å². The number of nitrogens with zero attached hydrogens (tertiary/aromatic N) is 1. The van der Waals surface area contributed by atoms with Crippen LogP contribution < -0.4 is 4.74 Å². The largest absolute Gasteiger partial charge is 0.475 e. The fourth-order valence-corrected chi connectivity index (χ4v) is 1.43. The van der Waals surface area contributed by atoms with Gasteiger partial charge in [-0.25, -0.2) is 4.79 Å². The van der Waals surface area contributed by atoms with Crippen molar-refractivity contribution in [3.05, 3.63) is 29.3 Å². The number of carbonyl (C=O) groups excluding carboxylic acids is 1. The predicted molar refractivity (Wildman–Crippen MR) is 67.2 cm³/mol. The highest BCUT2D eigenvalue weighted by Crippen LogP contribution is 2.25. The number of nitriles is 1. The minimum atomic E-state index is -1.12. The number of esters is 1. The lowest BCUT2D eigenvalue weighted by atomic mass is 10.1. The van der Waals surface area contributed by atoms with E-state index in [-0.39, 0.29) is 0 Å². The Bertz CT molecular complexity index is 486. The van der Waals surface area contributed by atoms with E-state index in [1.165, 1.54) is 0 Å². The molecule has 1 aromatic rings. The van der Waals surface area contributed by atoms with Crippen molar-refractivity contribution < 1.29 is 14.3 Å². The summed E-state index contributed by atoms with van der Waals surface area (Å²) in [5.41, 5.74) is 0.247. The second-order valence-electron chi connectivity index (χ2n) is 4.44. The van der Waals surface area contributed by atoms with E-state index in [4.69, 9.17) is 14.7 Å². The summed E-state index contributed by atoms with van der Waals surface area (Å²) in [4.78, 5) is 11.7. The van der Waals surface area contributed by atoms with Gasteiger partial charge in [0.05, 0.1) is 12.2 Å². The fraction of sp³-hybridized carbons (Fsp3) is 0.429. The second kappa shape index (κ2) is 5.54.